The Morgan fingerprint density at radius 2 is 2.31 bits per heavy atom. The summed E-state index contributed by atoms with van der Waals surface area (Å²) >= 11 is 0. The molecule has 3 nitrogen and oxygen atoms in total. The first-order valence-corrected chi connectivity index (χ1v) is 5.32. The predicted molar refractivity (Wildman–Crippen MR) is 63.0 cm³/mol. The molecule has 1 unspecified atom stereocenters. The third-order valence-electron chi connectivity index (χ3n) is 2.94. The normalized spacial score (nSPS) is 19.9. The molecule has 2 heterocycles. The Morgan fingerprint density at radius 3 is 2.88 bits per heavy atom. The van der Waals surface area contributed by atoms with Crippen LogP contribution in [-0.4, -0.2) is 17.4 Å². The van der Waals surface area contributed by atoms with Gasteiger partial charge in [-0.15, -0.1) is 12.3 Å². The summed E-state index contributed by atoms with van der Waals surface area (Å²) < 4.78 is 0. The average Bonchev–Trinajstić information content (AvgIpc) is 2.60. The number of hydrogen-bond acceptors (Lipinski definition) is 2. The molecule has 1 aliphatic heterocycles. The van der Waals surface area contributed by atoms with Crippen LogP contribution in [-0.2, 0) is 4.79 Å². The van der Waals surface area contributed by atoms with Crippen LogP contribution < -0.4 is 4.90 Å². The Bertz CT molecular complexity index is 453. The van der Waals surface area contributed by atoms with Crippen molar-refractivity contribution in [2.24, 2.45) is 5.92 Å². The molecule has 0 aliphatic carbocycles. The summed E-state index contributed by atoms with van der Waals surface area (Å²) in [6.07, 6.45) is 7.57. The van der Waals surface area contributed by atoms with Crippen LogP contribution in [0.3, 0.4) is 0 Å². The van der Waals surface area contributed by atoms with Crippen LogP contribution in [0, 0.1) is 32.1 Å². The first-order valence-electron chi connectivity index (χ1n) is 5.32. The second-order valence-electron chi connectivity index (χ2n) is 4.13. The standard InChI is InChI=1S/C13H14N2O/c1-4-11-7-12(16)15(8-11)13-9(2)5-6-14-10(13)3/h1,5-6,11H,7-8H2,2-3H3. The van der Waals surface area contributed by atoms with Gasteiger partial charge in [0.1, 0.15) is 0 Å². The molecule has 0 radical (unpaired) electrons. The monoisotopic (exact) mass is 214 g/mol. The van der Waals surface area contributed by atoms with Gasteiger partial charge in [0.15, 0.2) is 0 Å². The van der Waals surface area contributed by atoms with Gasteiger partial charge >= 0.3 is 0 Å². The van der Waals surface area contributed by atoms with Gasteiger partial charge in [0.2, 0.25) is 5.91 Å². The molecule has 1 aliphatic rings. The van der Waals surface area contributed by atoms with Gasteiger partial charge in [-0.25, -0.2) is 0 Å². The molecule has 0 N–H and O–H groups in total. The minimum atomic E-state index is 0.0338. The lowest BCUT2D eigenvalue weighted by atomic mass is 10.1. The number of carbonyl (C=O) groups is 1. The van der Waals surface area contributed by atoms with Gasteiger partial charge in [-0.2, -0.15) is 0 Å². The van der Waals surface area contributed by atoms with Gasteiger partial charge in [0.25, 0.3) is 0 Å². The Morgan fingerprint density at radius 1 is 1.56 bits per heavy atom. The molecule has 1 fully saturated rings. The summed E-state index contributed by atoms with van der Waals surface area (Å²) in [5, 5.41) is 0. The van der Waals surface area contributed by atoms with Crippen LogP contribution in [0.4, 0.5) is 5.69 Å². The van der Waals surface area contributed by atoms with Crippen molar-refractivity contribution in [1.82, 2.24) is 4.98 Å². The lowest BCUT2D eigenvalue weighted by Gasteiger charge is -2.20. The molecule has 16 heavy (non-hydrogen) atoms. The number of pyridine rings is 1. The van der Waals surface area contributed by atoms with E-state index in [4.69, 9.17) is 6.42 Å². The Balaban J connectivity index is 2.39. The van der Waals surface area contributed by atoms with Crippen molar-refractivity contribution in [2.45, 2.75) is 20.3 Å². The van der Waals surface area contributed by atoms with Gasteiger partial charge in [0.05, 0.1) is 11.4 Å². The van der Waals surface area contributed by atoms with Crippen molar-refractivity contribution in [3.63, 3.8) is 0 Å². The number of nitrogens with zero attached hydrogens (tertiary/aromatic N) is 2. The third kappa shape index (κ3) is 1.67. The summed E-state index contributed by atoms with van der Waals surface area (Å²) in [6, 6.07) is 1.92. The zero-order valence-electron chi connectivity index (χ0n) is 9.53. The van der Waals surface area contributed by atoms with Crippen LogP contribution in [0.25, 0.3) is 0 Å². The molecule has 0 aromatic carbocycles. The molecule has 3 heteroatoms. The molecule has 82 valence electrons. The van der Waals surface area contributed by atoms with Crippen LogP contribution >= 0.6 is 0 Å². The van der Waals surface area contributed by atoms with Gasteiger partial charge in [-0.3, -0.25) is 9.78 Å². The average molecular weight is 214 g/mol. The van der Waals surface area contributed by atoms with Gasteiger partial charge in [-0.05, 0) is 25.5 Å². The van der Waals surface area contributed by atoms with E-state index >= 15 is 0 Å². The van der Waals surface area contributed by atoms with Gasteiger partial charge < -0.3 is 4.90 Å². The highest BCUT2D eigenvalue weighted by Crippen LogP contribution is 2.29. The summed E-state index contributed by atoms with van der Waals surface area (Å²) in [4.78, 5) is 17.8. The largest absolute Gasteiger partial charge is 0.309 e. The lowest BCUT2D eigenvalue weighted by molar-refractivity contribution is -0.117. The van der Waals surface area contributed by atoms with E-state index in [1.807, 2.05) is 19.9 Å². The zero-order valence-corrected chi connectivity index (χ0v) is 9.53. The molecule has 0 bridgehead atoms. The number of aromatic nitrogens is 1. The summed E-state index contributed by atoms with van der Waals surface area (Å²) in [6.45, 7) is 4.52. The maximum Gasteiger partial charge on any atom is 0.228 e. The number of hydrogen-bond donors (Lipinski definition) is 0. The minimum absolute atomic E-state index is 0.0338. The molecule has 1 amide bonds. The van der Waals surface area contributed by atoms with Crippen LogP contribution in [0.2, 0.25) is 0 Å². The molecule has 0 spiro atoms. The second kappa shape index (κ2) is 3.97. The minimum Gasteiger partial charge on any atom is -0.309 e. The van der Waals surface area contributed by atoms with Gasteiger partial charge in [0, 0.05) is 25.1 Å². The molecule has 1 atom stereocenters. The van der Waals surface area contributed by atoms with E-state index in [2.05, 4.69) is 10.9 Å². The fourth-order valence-corrected chi connectivity index (χ4v) is 2.13. The van der Waals surface area contributed by atoms with Gasteiger partial charge in [-0.1, -0.05) is 0 Å². The van der Waals surface area contributed by atoms with Crippen molar-refractivity contribution < 1.29 is 4.79 Å². The molecular weight excluding hydrogens is 200 g/mol. The number of terminal acetylenes is 1. The highest BCUT2D eigenvalue weighted by Gasteiger charge is 2.31. The van der Waals surface area contributed by atoms with E-state index in [1.165, 1.54) is 0 Å². The van der Waals surface area contributed by atoms with E-state index in [1.54, 1.807) is 11.1 Å². The number of carbonyl (C=O) groups excluding carboxylic acids is 1. The number of rotatable bonds is 1. The first-order chi connectivity index (χ1) is 7.63. The lowest BCUT2D eigenvalue weighted by Crippen LogP contribution is -2.26. The summed E-state index contributed by atoms with van der Waals surface area (Å²) in [5.74, 6) is 2.78. The second-order valence-corrected chi connectivity index (χ2v) is 4.13. The molecule has 0 saturated carbocycles. The van der Waals surface area contributed by atoms with E-state index in [0.717, 1.165) is 16.9 Å². The molecule has 1 saturated heterocycles. The number of aryl methyl sites for hydroxylation is 2. The van der Waals surface area contributed by atoms with Crippen LogP contribution in [0.1, 0.15) is 17.7 Å². The van der Waals surface area contributed by atoms with E-state index in [-0.39, 0.29) is 11.8 Å². The number of anilines is 1. The Kier molecular flexibility index (Phi) is 2.66. The smallest absolute Gasteiger partial charge is 0.228 e. The highest BCUT2D eigenvalue weighted by molar-refractivity contribution is 5.97. The highest BCUT2D eigenvalue weighted by atomic mass is 16.2. The van der Waals surface area contributed by atoms with Crippen molar-refractivity contribution in [3.8, 4) is 12.3 Å². The Hall–Kier alpha value is -1.82. The third-order valence-corrected chi connectivity index (χ3v) is 2.94. The molecular formula is C13H14N2O. The summed E-state index contributed by atoms with van der Waals surface area (Å²) in [5.41, 5.74) is 2.87. The van der Waals surface area contributed by atoms with Crippen molar-refractivity contribution in [2.75, 3.05) is 11.4 Å². The molecule has 1 aromatic heterocycles. The molecule has 1 aromatic rings. The predicted octanol–water partition coefficient (Wildman–Crippen LogP) is 1.68. The first kappa shape index (κ1) is 10.7. The topological polar surface area (TPSA) is 33.2 Å². The van der Waals surface area contributed by atoms with Crippen LogP contribution in [0.5, 0.6) is 0 Å². The maximum absolute atomic E-state index is 11.9. The van der Waals surface area contributed by atoms with Crippen molar-refractivity contribution >= 4 is 11.6 Å². The van der Waals surface area contributed by atoms with E-state index in [0.29, 0.717) is 13.0 Å². The fraction of sp³-hybridized carbons (Fsp3) is 0.385. The summed E-state index contributed by atoms with van der Waals surface area (Å²) in [7, 11) is 0. The van der Waals surface area contributed by atoms with E-state index in [9.17, 15) is 4.79 Å². The molecule has 2 rings (SSSR count). The fourth-order valence-electron chi connectivity index (χ4n) is 2.13. The SMILES string of the molecule is C#CC1CC(=O)N(c2c(C)ccnc2C)C1. The zero-order chi connectivity index (χ0) is 11.7. The number of amides is 1. The van der Waals surface area contributed by atoms with E-state index < -0.39 is 0 Å². The van der Waals surface area contributed by atoms with Crippen molar-refractivity contribution in [3.05, 3.63) is 23.5 Å². The van der Waals surface area contributed by atoms with Crippen molar-refractivity contribution in [1.29, 1.82) is 0 Å². The quantitative estimate of drug-likeness (QED) is 0.666. The Labute approximate surface area is 95.5 Å². The maximum atomic E-state index is 11.9. The van der Waals surface area contributed by atoms with Crippen LogP contribution in [0.15, 0.2) is 12.3 Å².